The van der Waals surface area contributed by atoms with Crippen molar-refractivity contribution in [3.05, 3.63) is 24.0 Å². The van der Waals surface area contributed by atoms with Crippen LogP contribution in [-0.4, -0.2) is 5.11 Å². The lowest BCUT2D eigenvalue weighted by molar-refractivity contribution is 0.473. The number of allylic oxidation sites excluding steroid dienone is 3. The maximum absolute atomic E-state index is 8.34. The van der Waals surface area contributed by atoms with Crippen molar-refractivity contribution in [2.45, 2.75) is 27.2 Å². The van der Waals surface area contributed by atoms with E-state index in [1.54, 1.807) is 6.08 Å². The van der Waals surface area contributed by atoms with Gasteiger partial charge in [-0.15, -0.1) is 0 Å². The van der Waals surface area contributed by atoms with Gasteiger partial charge in [0.15, 0.2) is 0 Å². The van der Waals surface area contributed by atoms with Crippen LogP contribution in [0.2, 0.25) is 0 Å². The van der Waals surface area contributed by atoms with Gasteiger partial charge in [0.25, 0.3) is 0 Å². The van der Waals surface area contributed by atoms with Crippen molar-refractivity contribution in [1.29, 1.82) is 0 Å². The Morgan fingerprint density at radius 2 is 2.20 bits per heavy atom. The zero-order valence-electron chi connectivity index (χ0n) is 6.96. The maximum Gasteiger partial charge on any atom is 0.0791 e. The van der Waals surface area contributed by atoms with Gasteiger partial charge in [-0.25, -0.2) is 0 Å². The van der Waals surface area contributed by atoms with Crippen LogP contribution in [0.3, 0.4) is 0 Å². The Balaban J connectivity index is 3.91. The molecule has 0 spiro atoms. The van der Waals surface area contributed by atoms with E-state index < -0.39 is 0 Å². The van der Waals surface area contributed by atoms with Gasteiger partial charge in [-0.1, -0.05) is 25.5 Å². The first-order valence-corrected chi connectivity index (χ1v) is 3.69. The molecule has 0 aromatic carbocycles. The quantitative estimate of drug-likeness (QED) is 0.472. The van der Waals surface area contributed by atoms with Crippen LogP contribution in [-0.2, 0) is 0 Å². The van der Waals surface area contributed by atoms with Gasteiger partial charge in [0.2, 0.25) is 0 Å². The molecule has 1 unspecified atom stereocenters. The second-order valence-corrected chi connectivity index (χ2v) is 2.56. The minimum absolute atomic E-state index is 0.621. The van der Waals surface area contributed by atoms with Gasteiger partial charge in [0.1, 0.15) is 0 Å². The molecule has 0 fully saturated rings. The Kier molecular flexibility index (Phi) is 4.73. The van der Waals surface area contributed by atoms with E-state index in [1.165, 1.54) is 5.57 Å². The lowest BCUT2D eigenvalue weighted by Gasteiger charge is -2.06. The summed E-state index contributed by atoms with van der Waals surface area (Å²) in [4.78, 5) is 0. The van der Waals surface area contributed by atoms with E-state index in [0.29, 0.717) is 5.92 Å². The third kappa shape index (κ3) is 3.33. The Morgan fingerprint density at radius 1 is 1.60 bits per heavy atom. The largest absolute Gasteiger partial charge is 0.516 e. The zero-order chi connectivity index (χ0) is 7.98. The standard InChI is InChI=1S/C9H16O/c1-4-8(2)9(3)6-5-7-10/h5-8,10H,4H2,1-3H3. The highest BCUT2D eigenvalue weighted by molar-refractivity contribution is 5.10. The van der Waals surface area contributed by atoms with Gasteiger partial charge >= 0.3 is 0 Å². The molecule has 0 radical (unpaired) electrons. The fourth-order valence-electron chi connectivity index (χ4n) is 0.681. The molecule has 0 bridgehead atoms. The van der Waals surface area contributed by atoms with E-state index in [2.05, 4.69) is 20.8 Å². The molecule has 0 saturated heterocycles. The summed E-state index contributed by atoms with van der Waals surface area (Å²) < 4.78 is 0. The van der Waals surface area contributed by atoms with E-state index >= 15 is 0 Å². The molecule has 0 aliphatic heterocycles. The maximum atomic E-state index is 8.34. The average Bonchev–Trinajstić information content (AvgIpc) is 1.98. The Labute approximate surface area is 63.1 Å². The molecule has 0 aliphatic carbocycles. The summed E-state index contributed by atoms with van der Waals surface area (Å²) in [5, 5.41) is 8.34. The van der Waals surface area contributed by atoms with Gasteiger partial charge in [-0.2, -0.15) is 0 Å². The summed E-state index contributed by atoms with van der Waals surface area (Å²) in [5.74, 6) is 0.621. The van der Waals surface area contributed by atoms with Crippen LogP contribution in [0.1, 0.15) is 27.2 Å². The van der Waals surface area contributed by atoms with Crippen LogP contribution in [0.4, 0.5) is 0 Å². The Morgan fingerprint density at radius 3 is 2.60 bits per heavy atom. The highest BCUT2D eigenvalue weighted by Gasteiger charge is 1.97. The summed E-state index contributed by atoms with van der Waals surface area (Å²) in [6.07, 6.45) is 5.81. The first kappa shape index (κ1) is 9.28. The van der Waals surface area contributed by atoms with Gasteiger partial charge in [0.05, 0.1) is 6.26 Å². The third-order valence-electron chi connectivity index (χ3n) is 1.83. The molecule has 1 heteroatoms. The van der Waals surface area contributed by atoms with E-state index in [-0.39, 0.29) is 0 Å². The number of rotatable bonds is 3. The molecular formula is C9H16O. The van der Waals surface area contributed by atoms with Crippen LogP contribution < -0.4 is 0 Å². The normalized spacial score (nSPS) is 16.1. The lowest BCUT2D eigenvalue weighted by atomic mass is 10.00. The van der Waals surface area contributed by atoms with Crippen LogP contribution in [0, 0.1) is 5.92 Å². The third-order valence-corrected chi connectivity index (χ3v) is 1.83. The van der Waals surface area contributed by atoms with Gasteiger partial charge in [-0.05, 0) is 25.3 Å². The summed E-state index contributed by atoms with van der Waals surface area (Å²) in [6.45, 7) is 6.41. The molecular weight excluding hydrogens is 124 g/mol. The minimum atomic E-state index is 0.621. The number of aliphatic hydroxyl groups is 1. The molecule has 0 aromatic rings. The van der Waals surface area contributed by atoms with Crippen molar-refractivity contribution in [2.75, 3.05) is 0 Å². The first-order chi connectivity index (χ1) is 4.72. The predicted octanol–water partition coefficient (Wildman–Crippen LogP) is 3.05. The van der Waals surface area contributed by atoms with Crippen molar-refractivity contribution in [2.24, 2.45) is 5.92 Å². The molecule has 0 aliphatic rings. The number of aliphatic hydroxyl groups excluding tert-OH is 1. The molecule has 0 heterocycles. The van der Waals surface area contributed by atoms with Crippen molar-refractivity contribution in [3.8, 4) is 0 Å². The summed E-state index contributed by atoms with van der Waals surface area (Å²) in [6, 6.07) is 0. The monoisotopic (exact) mass is 140 g/mol. The molecule has 0 rings (SSSR count). The molecule has 10 heavy (non-hydrogen) atoms. The molecule has 1 nitrogen and oxygen atoms in total. The van der Waals surface area contributed by atoms with E-state index in [1.807, 2.05) is 6.08 Å². The minimum Gasteiger partial charge on any atom is -0.516 e. The zero-order valence-corrected chi connectivity index (χ0v) is 6.96. The van der Waals surface area contributed by atoms with Crippen LogP contribution in [0.25, 0.3) is 0 Å². The van der Waals surface area contributed by atoms with Crippen LogP contribution in [0.5, 0.6) is 0 Å². The van der Waals surface area contributed by atoms with E-state index in [4.69, 9.17) is 5.11 Å². The van der Waals surface area contributed by atoms with Crippen molar-refractivity contribution < 1.29 is 5.11 Å². The van der Waals surface area contributed by atoms with E-state index in [9.17, 15) is 0 Å². The topological polar surface area (TPSA) is 20.2 Å². The number of hydrogen-bond donors (Lipinski definition) is 1. The van der Waals surface area contributed by atoms with Crippen molar-refractivity contribution in [1.82, 2.24) is 0 Å². The predicted molar refractivity (Wildman–Crippen MR) is 45.0 cm³/mol. The molecule has 0 aromatic heterocycles. The smallest absolute Gasteiger partial charge is 0.0791 e. The average molecular weight is 140 g/mol. The SMILES string of the molecule is CCC(C)C(C)=CC=CO. The Hall–Kier alpha value is -0.720. The molecule has 0 saturated carbocycles. The van der Waals surface area contributed by atoms with Gasteiger partial charge in [0, 0.05) is 0 Å². The summed E-state index contributed by atoms with van der Waals surface area (Å²) in [5.41, 5.74) is 1.31. The van der Waals surface area contributed by atoms with Crippen LogP contribution in [0.15, 0.2) is 24.0 Å². The highest BCUT2D eigenvalue weighted by atomic mass is 16.2. The number of hydrogen-bond acceptors (Lipinski definition) is 1. The fourth-order valence-corrected chi connectivity index (χ4v) is 0.681. The molecule has 0 amide bonds. The fraction of sp³-hybridized carbons (Fsp3) is 0.556. The van der Waals surface area contributed by atoms with E-state index in [0.717, 1.165) is 12.7 Å². The van der Waals surface area contributed by atoms with Gasteiger partial charge < -0.3 is 5.11 Å². The van der Waals surface area contributed by atoms with Crippen molar-refractivity contribution >= 4 is 0 Å². The van der Waals surface area contributed by atoms with Crippen molar-refractivity contribution in [3.63, 3.8) is 0 Å². The molecule has 58 valence electrons. The second kappa shape index (κ2) is 5.10. The first-order valence-electron chi connectivity index (χ1n) is 3.69. The highest BCUT2D eigenvalue weighted by Crippen LogP contribution is 2.12. The lowest BCUT2D eigenvalue weighted by Crippen LogP contribution is -1.92. The van der Waals surface area contributed by atoms with Gasteiger partial charge in [-0.3, -0.25) is 0 Å². The molecule has 1 atom stereocenters. The van der Waals surface area contributed by atoms with Crippen LogP contribution >= 0.6 is 0 Å². The summed E-state index contributed by atoms with van der Waals surface area (Å²) >= 11 is 0. The second-order valence-electron chi connectivity index (χ2n) is 2.56. The Bertz CT molecular complexity index is 134. The molecule has 1 N–H and O–H groups in total. The summed E-state index contributed by atoms with van der Waals surface area (Å²) in [7, 11) is 0.